The van der Waals surface area contributed by atoms with E-state index in [0.717, 1.165) is 25.8 Å². The monoisotopic (exact) mass is 360 g/mol. The van der Waals surface area contributed by atoms with E-state index in [2.05, 4.69) is 17.1 Å². The Hall–Kier alpha value is -2.02. The Labute approximate surface area is 151 Å². The minimum absolute atomic E-state index is 0.127. The Kier molecular flexibility index (Phi) is 5.96. The summed E-state index contributed by atoms with van der Waals surface area (Å²) in [6.45, 7) is 3.49. The average molecular weight is 360 g/mol. The SMILES string of the molecule is CC1CCCCN1C(=O)CSc1n[nH]c(=O)n1CCc1ccccc1. The lowest BCUT2D eigenvalue weighted by molar-refractivity contribution is -0.131. The molecule has 1 amide bonds. The predicted molar refractivity (Wildman–Crippen MR) is 98.7 cm³/mol. The fraction of sp³-hybridized carbons (Fsp3) is 0.500. The van der Waals surface area contributed by atoms with Crippen molar-refractivity contribution in [1.29, 1.82) is 0 Å². The number of aryl methyl sites for hydroxylation is 1. The molecule has 1 N–H and O–H groups in total. The third kappa shape index (κ3) is 4.54. The molecule has 0 bridgehead atoms. The van der Waals surface area contributed by atoms with Crippen molar-refractivity contribution in [3.05, 3.63) is 46.4 Å². The number of H-pyrrole nitrogens is 1. The Morgan fingerprint density at radius 2 is 2.12 bits per heavy atom. The first kappa shape index (κ1) is 17.8. The van der Waals surface area contributed by atoms with Gasteiger partial charge in [0.25, 0.3) is 0 Å². The average Bonchev–Trinajstić information content (AvgIpc) is 2.99. The molecule has 1 saturated heterocycles. The number of aromatic nitrogens is 3. The first-order valence-electron chi connectivity index (χ1n) is 8.76. The Morgan fingerprint density at radius 1 is 1.32 bits per heavy atom. The van der Waals surface area contributed by atoms with Crippen LogP contribution in [0.4, 0.5) is 0 Å². The summed E-state index contributed by atoms with van der Waals surface area (Å²) in [5, 5.41) is 7.16. The van der Waals surface area contributed by atoms with Crippen LogP contribution in [0.5, 0.6) is 0 Å². The molecule has 1 aromatic carbocycles. The van der Waals surface area contributed by atoms with E-state index >= 15 is 0 Å². The van der Waals surface area contributed by atoms with E-state index in [4.69, 9.17) is 0 Å². The number of nitrogens with zero attached hydrogens (tertiary/aromatic N) is 3. The van der Waals surface area contributed by atoms with Crippen LogP contribution in [0.25, 0.3) is 0 Å². The van der Waals surface area contributed by atoms with Gasteiger partial charge < -0.3 is 4.90 Å². The summed E-state index contributed by atoms with van der Waals surface area (Å²) in [7, 11) is 0. The fourth-order valence-electron chi connectivity index (χ4n) is 3.17. The normalized spacial score (nSPS) is 17.6. The lowest BCUT2D eigenvalue weighted by atomic mass is 10.0. The molecule has 1 unspecified atom stereocenters. The van der Waals surface area contributed by atoms with Crippen molar-refractivity contribution in [3.8, 4) is 0 Å². The second-order valence-electron chi connectivity index (χ2n) is 6.42. The molecule has 0 radical (unpaired) electrons. The standard InChI is InChI=1S/C18H24N4O2S/c1-14-7-5-6-11-21(14)16(23)13-25-18-20-19-17(24)22(18)12-10-15-8-3-2-4-9-15/h2-4,8-9,14H,5-7,10-13H2,1H3,(H,19,24). The van der Waals surface area contributed by atoms with Crippen molar-refractivity contribution in [2.75, 3.05) is 12.3 Å². The summed E-state index contributed by atoms with van der Waals surface area (Å²) in [4.78, 5) is 26.4. The molecule has 2 heterocycles. The molecule has 0 saturated carbocycles. The van der Waals surface area contributed by atoms with Gasteiger partial charge in [-0.25, -0.2) is 9.89 Å². The predicted octanol–water partition coefficient (Wildman–Crippen LogP) is 2.31. The van der Waals surface area contributed by atoms with Crippen LogP contribution in [0.1, 0.15) is 31.7 Å². The zero-order valence-electron chi connectivity index (χ0n) is 14.5. The number of piperidine rings is 1. The number of carbonyl (C=O) groups is 1. The number of benzene rings is 1. The van der Waals surface area contributed by atoms with E-state index in [0.29, 0.717) is 23.5 Å². The molecule has 134 valence electrons. The highest BCUT2D eigenvalue weighted by molar-refractivity contribution is 7.99. The number of carbonyl (C=O) groups excluding carboxylic acids is 1. The van der Waals surface area contributed by atoms with E-state index in [1.807, 2.05) is 35.2 Å². The third-order valence-electron chi connectivity index (χ3n) is 4.64. The molecule has 0 spiro atoms. The zero-order valence-corrected chi connectivity index (χ0v) is 15.3. The van der Waals surface area contributed by atoms with Crippen molar-refractivity contribution in [2.24, 2.45) is 0 Å². The highest BCUT2D eigenvalue weighted by Gasteiger charge is 2.23. The van der Waals surface area contributed by atoms with E-state index in [9.17, 15) is 9.59 Å². The van der Waals surface area contributed by atoms with Gasteiger partial charge in [0.1, 0.15) is 0 Å². The summed E-state index contributed by atoms with van der Waals surface area (Å²) in [5.41, 5.74) is 0.946. The summed E-state index contributed by atoms with van der Waals surface area (Å²) < 4.78 is 1.62. The van der Waals surface area contributed by atoms with Crippen LogP contribution in [-0.2, 0) is 17.8 Å². The molecule has 3 rings (SSSR count). The van der Waals surface area contributed by atoms with Crippen molar-refractivity contribution >= 4 is 17.7 Å². The summed E-state index contributed by atoms with van der Waals surface area (Å²) in [6.07, 6.45) is 4.09. The lowest BCUT2D eigenvalue weighted by Gasteiger charge is -2.33. The van der Waals surface area contributed by atoms with Gasteiger partial charge in [0, 0.05) is 19.1 Å². The zero-order chi connectivity index (χ0) is 17.6. The first-order chi connectivity index (χ1) is 12.1. The number of thioether (sulfide) groups is 1. The second kappa shape index (κ2) is 8.38. The highest BCUT2D eigenvalue weighted by Crippen LogP contribution is 2.20. The topological polar surface area (TPSA) is 71.0 Å². The molecule has 1 aliphatic rings. The van der Waals surface area contributed by atoms with Crippen LogP contribution < -0.4 is 5.69 Å². The summed E-state index contributed by atoms with van der Waals surface area (Å²) in [5.74, 6) is 0.447. The minimum atomic E-state index is -0.225. The molecule has 25 heavy (non-hydrogen) atoms. The van der Waals surface area contributed by atoms with Crippen LogP contribution in [0.15, 0.2) is 40.3 Å². The van der Waals surface area contributed by atoms with Gasteiger partial charge in [-0.1, -0.05) is 42.1 Å². The van der Waals surface area contributed by atoms with Gasteiger partial charge in [-0.15, -0.1) is 5.10 Å². The molecular weight excluding hydrogens is 336 g/mol. The van der Waals surface area contributed by atoms with E-state index in [1.54, 1.807) is 4.57 Å². The summed E-state index contributed by atoms with van der Waals surface area (Å²) >= 11 is 1.34. The third-order valence-corrected chi connectivity index (χ3v) is 5.60. The van der Waals surface area contributed by atoms with Gasteiger partial charge in [0.2, 0.25) is 5.91 Å². The maximum absolute atomic E-state index is 12.5. The molecule has 1 aromatic heterocycles. The van der Waals surface area contributed by atoms with Crippen LogP contribution in [0, 0.1) is 0 Å². The number of nitrogens with one attached hydrogen (secondary N) is 1. The molecule has 2 aromatic rings. The minimum Gasteiger partial charge on any atom is -0.339 e. The van der Waals surface area contributed by atoms with Crippen LogP contribution >= 0.6 is 11.8 Å². The number of likely N-dealkylation sites (tertiary alicyclic amines) is 1. The fourth-order valence-corrected chi connectivity index (χ4v) is 4.03. The van der Waals surface area contributed by atoms with Crippen molar-refractivity contribution in [1.82, 2.24) is 19.7 Å². The lowest BCUT2D eigenvalue weighted by Crippen LogP contribution is -2.43. The molecule has 6 nitrogen and oxygen atoms in total. The van der Waals surface area contributed by atoms with Gasteiger partial charge in [0.05, 0.1) is 5.75 Å². The number of amides is 1. The Morgan fingerprint density at radius 3 is 2.88 bits per heavy atom. The molecule has 1 atom stereocenters. The van der Waals surface area contributed by atoms with Crippen LogP contribution in [-0.4, -0.2) is 43.9 Å². The van der Waals surface area contributed by atoms with E-state index in [-0.39, 0.29) is 11.6 Å². The number of hydrogen-bond donors (Lipinski definition) is 1. The van der Waals surface area contributed by atoms with Crippen molar-refractivity contribution in [2.45, 2.75) is 50.4 Å². The second-order valence-corrected chi connectivity index (χ2v) is 7.36. The van der Waals surface area contributed by atoms with Gasteiger partial charge in [-0.3, -0.25) is 9.36 Å². The largest absolute Gasteiger partial charge is 0.343 e. The first-order valence-corrected chi connectivity index (χ1v) is 9.75. The Balaban J connectivity index is 1.59. The summed E-state index contributed by atoms with van der Waals surface area (Å²) in [6, 6.07) is 10.3. The number of hydrogen-bond acceptors (Lipinski definition) is 4. The maximum atomic E-state index is 12.5. The van der Waals surface area contributed by atoms with Gasteiger partial charge >= 0.3 is 5.69 Å². The van der Waals surface area contributed by atoms with E-state index < -0.39 is 0 Å². The van der Waals surface area contributed by atoms with Gasteiger partial charge in [0.15, 0.2) is 5.16 Å². The molecular formula is C18H24N4O2S. The van der Waals surface area contributed by atoms with Crippen molar-refractivity contribution in [3.63, 3.8) is 0 Å². The smallest absolute Gasteiger partial charge is 0.339 e. The molecule has 1 aliphatic heterocycles. The number of aromatic amines is 1. The molecule has 0 aliphatic carbocycles. The van der Waals surface area contributed by atoms with Gasteiger partial charge in [-0.05, 0) is 38.2 Å². The molecule has 1 fully saturated rings. The highest BCUT2D eigenvalue weighted by atomic mass is 32.2. The van der Waals surface area contributed by atoms with Crippen LogP contribution in [0.2, 0.25) is 0 Å². The van der Waals surface area contributed by atoms with Gasteiger partial charge in [-0.2, -0.15) is 0 Å². The maximum Gasteiger partial charge on any atom is 0.343 e. The Bertz CT molecular complexity index is 756. The quantitative estimate of drug-likeness (QED) is 0.803. The van der Waals surface area contributed by atoms with Crippen LogP contribution in [0.3, 0.4) is 0 Å². The molecule has 7 heteroatoms. The number of rotatable bonds is 6. The van der Waals surface area contributed by atoms with Crippen molar-refractivity contribution < 1.29 is 4.79 Å². The van der Waals surface area contributed by atoms with E-state index in [1.165, 1.54) is 23.7 Å².